The predicted octanol–water partition coefficient (Wildman–Crippen LogP) is 2.42. The molecule has 0 radical (unpaired) electrons. The normalized spacial score (nSPS) is 20.7. The van der Waals surface area contributed by atoms with Gasteiger partial charge < -0.3 is 5.32 Å². The third kappa shape index (κ3) is 3.24. The molecule has 66 valence electrons. The van der Waals surface area contributed by atoms with Gasteiger partial charge in [0.2, 0.25) is 0 Å². The summed E-state index contributed by atoms with van der Waals surface area (Å²) in [5.74, 6) is 1.88. The zero-order chi connectivity index (χ0) is 8.27. The summed E-state index contributed by atoms with van der Waals surface area (Å²) in [4.78, 5) is 0. The highest BCUT2D eigenvalue weighted by atomic mass is 14.9. The summed E-state index contributed by atoms with van der Waals surface area (Å²) in [6.07, 6.45) is 5.67. The fourth-order valence-electron chi connectivity index (χ4n) is 1.63. The molecule has 0 aromatic carbocycles. The molecule has 1 aliphatic carbocycles. The standard InChI is InChI=1S/C10H21N/c1-8(2)4-7-10(11-3)9-5-6-9/h8-11H,4-7H2,1-3H3. The van der Waals surface area contributed by atoms with Crippen LogP contribution in [0.15, 0.2) is 0 Å². The van der Waals surface area contributed by atoms with Crippen molar-refractivity contribution in [1.82, 2.24) is 5.32 Å². The van der Waals surface area contributed by atoms with Gasteiger partial charge in [0.1, 0.15) is 0 Å². The average molecular weight is 155 g/mol. The van der Waals surface area contributed by atoms with E-state index < -0.39 is 0 Å². The van der Waals surface area contributed by atoms with Gasteiger partial charge in [0.25, 0.3) is 0 Å². The highest BCUT2D eigenvalue weighted by Crippen LogP contribution is 2.34. The zero-order valence-corrected chi connectivity index (χ0v) is 8.06. The van der Waals surface area contributed by atoms with E-state index in [-0.39, 0.29) is 0 Å². The van der Waals surface area contributed by atoms with Gasteiger partial charge in [0.15, 0.2) is 0 Å². The van der Waals surface area contributed by atoms with Crippen LogP contribution in [0.3, 0.4) is 0 Å². The van der Waals surface area contributed by atoms with Gasteiger partial charge >= 0.3 is 0 Å². The Morgan fingerprint density at radius 3 is 2.27 bits per heavy atom. The van der Waals surface area contributed by atoms with Crippen LogP contribution in [0.5, 0.6) is 0 Å². The highest BCUT2D eigenvalue weighted by Gasteiger charge is 2.29. The van der Waals surface area contributed by atoms with E-state index in [2.05, 4.69) is 26.2 Å². The van der Waals surface area contributed by atoms with Crippen LogP contribution in [-0.2, 0) is 0 Å². The lowest BCUT2D eigenvalue weighted by Crippen LogP contribution is -2.27. The van der Waals surface area contributed by atoms with E-state index in [1.807, 2.05) is 0 Å². The molecule has 1 nitrogen and oxygen atoms in total. The molecule has 0 aromatic rings. The summed E-state index contributed by atoms with van der Waals surface area (Å²) in [7, 11) is 2.10. The van der Waals surface area contributed by atoms with Crippen molar-refractivity contribution in [2.24, 2.45) is 11.8 Å². The van der Waals surface area contributed by atoms with E-state index >= 15 is 0 Å². The minimum Gasteiger partial charge on any atom is -0.317 e. The molecule has 0 spiro atoms. The maximum atomic E-state index is 3.42. The zero-order valence-electron chi connectivity index (χ0n) is 8.06. The Kier molecular flexibility index (Phi) is 3.38. The van der Waals surface area contributed by atoms with E-state index in [0.717, 1.165) is 17.9 Å². The lowest BCUT2D eigenvalue weighted by molar-refractivity contribution is 0.419. The van der Waals surface area contributed by atoms with E-state index in [4.69, 9.17) is 0 Å². The lowest BCUT2D eigenvalue weighted by atomic mass is 10.0. The molecule has 0 heterocycles. The maximum Gasteiger partial charge on any atom is 0.00924 e. The summed E-state index contributed by atoms with van der Waals surface area (Å²) < 4.78 is 0. The van der Waals surface area contributed by atoms with Crippen LogP contribution in [0.4, 0.5) is 0 Å². The topological polar surface area (TPSA) is 12.0 Å². The fraction of sp³-hybridized carbons (Fsp3) is 1.00. The smallest absolute Gasteiger partial charge is 0.00924 e. The lowest BCUT2D eigenvalue weighted by Gasteiger charge is -2.15. The van der Waals surface area contributed by atoms with E-state index in [0.29, 0.717) is 0 Å². The second-order valence-electron chi connectivity index (χ2n) is 4.20. The number of nitrogens with one attached hydrogen (secondary N) is 1. The van der Waals surface area contributed by atoms with Crippen molar-refractivity contribution in [2.75, 3.05) is 7.05 Å². The van der Waals surface area contributed by atoms with Gasteiger partial charge in [-0.3, -0.25) is 0 Å². The average Bonchev–Trinajstić information content (AvgIpc) is 2.72. The molecule has 1 rings (SSSR count). The molecular weight excluding hydrogens is 134 g/mol. The molecule has 1 unspecified atom stereocenters. The summed E-state index contributed by atoms with van der Waals surface area (Å²) in [5.41, 5.74) is 0. The van der Waals surface area contributed by atoms with Crippen molar-refractivity contribution in [3.05, 3.63) is 0 Å². The molecule has 1 fully saturated rings. The van der Waals surface area contributed by atoms with Gasteiger partial charge in [-0.1, -0.05) is 13.8 Å². The van der Waals surface area contributed by atoms with Gasteiger partial charge in [-0.25, -0.2) is 0 Å². The molecule has 1 saturated carbocycles. The third-order valence-electron chi connectivity index (χ3n) is 2.62. The fourth-order valence-corrected chi connectivity index (χ4v) is 1.63. The van der Waals surface area contributed by atoms with Crippen LogP contribution in [0, 0.1) is 11.8 Å². The van der Waals surface area contributed by atoms with Crippen molar-refractivity contribution in [3.8, 4) is 0 Å². The van der Waals surface area contributed by atoms with E-state index in [1.165, 1.54) is 25.7 Å². The molecule has 0 saturated heterocycles. The molecule has 0 aliphatic heterocycles. The van der Waals surface area contributed by atoms with Crippen molar-refractivity contribution in [3.63, 3.8) is 0 Å². The second kappa shape index (κ2) is 4.10. The first-order chi connectivity index (χ1) is 5.24. The van der Waals surface area contributed by atoms with E-state index in [1.54, 1.807) is 0 Å². The van der Waals surface area contributed by atoms with Crippen LogP contribution in [0.25, 0.3) is 0 Å². The number of hydrogen-bond donors (Lipinski definition) is 1. The van der Waals surface area contributed by atoms with Crippen LogP contribution in [-0.4, -0.2) is 13.1 Å². The van der Waals surface area contributed by atoms with Crippen molar-refractivity contribution in [1.29, 1.82) is 0 Å². The summed E-state index contributed by atoms with van der Waals surface area (Å²) in [6.45, 7) is 4.61. The minimum atomic E-state index is 0.817. The van der Waals surface area contributed by atoms with Crippen molar-refractivity contribution < 1.29 is 0 Å². The molecule has 1 N–H and O–H groups in total. The molecule has 0 amide bonds. The summed E-state index contributed by atoms with van der Waals surface area (Å²) >= 11 is 0. The van der Waals surface area contributed by atoms with Gasteiger partial charge in [-0.15, -0.1) is 0 Å². The van der Waals surface area contributed by atoms with E-state index in [9.17, 15) is 0 Å². The molecule has 11 heavy (non-hydrogen) atoms. The van der Waals surface area contributed by atoms with Crippen LogP contribution in [0.1, 0.15) is 39.5 Å². The summed E-state index contributed by atoms with van der Waals surface area (Å²) in [5, 5.41) is 3.42. The Morgan fingerprint density at radius 1 is 1.27 bits per heavy atom. The first kappa shape index (κ1) is 9.05. The van der Waals surface area contributed by atoms with Gasteiger partial charge in [-0.05, 0) is 44.6 Å². The van der Waals surface area contributed by atoms with Crippen molar-refractivity contribution >= 4 is 0 Å². The molecule has 1 atom stereocenters. The molecule has 0 bridgehead atoms. The Bertz CT molecular complexity index is 105. The van der Waals surface area contributed by atoms with Crippen LogP contribution in [0.2, 0.25) is 0 Å². The minimum absolute atomic E-state index is 0.817. The second-order valence-corrected chi connectivity index (χ2v) is 4.20. The first-order valence-corrected chi connectivity index (χ1v) is 4.91. The third-order valence-corrected chi connectivity index (χ3v) is 2.62. The number of hydrogen-bond acceptors (Lipinski definition) is 1. The Morgan fingerprint density at radius 2 is 1.91 bits per heavy atom. The maximum absolute atomic E-state index is 3.42. The highest BCUT2D eigenvalue weighted by molar-refractivity contribution is 4.85. The van der Waals surface area contributed by atoms with Gasteiger partial charge in [0.05, 0.1) is 0 Å². The van der Waals surface area contributed by atoms with Gasteiger partial charge in [-0.2, -0.15) is 0 Å². The Hall–Kier alpha value is -0.0400. The number of rotatable bonds is 5. The summed E-state index contributed by atoms with van der Waals surface area (Å²) in [6, 6.07) is 0.817. The van der Waals surface area contributed by atoms with Crippen LogP contribution >= 0.6 is 0 Å². The quantitative estimate of drug-likeness (QED) is 0.643. The van der Waals surface area contributed by atoms with Gasteiger partial charge in [0, 0.05) is 6.04 Å². The Labute approximate surface area is 70.6 Å². The molecule has 1 aliphatic rings. The largest absolute Gasteiger partial charge is 0.317 e. The molecule has 1 heteroatoms. The molecular formula is C10H21N. The first-order valence-electron chi connectivity index (χ1n) is 4.91. The Balaban J connectivity index is 2.10. The van der Waals surface area contributed by atoms with Crippen LogP contribution < -0.4 is 5.32 Å². The SMILES string of the molecule is CNC(CCC(C)C)C1CC1. The molecule has 0 aromatic heterocycles. The van der Waals surface area contributed by atoms with Crippen molar-refractivity contribution in [2.45, 2.75) is 45.6 Å². The monoisotopic (exact) mass is 155 g/mol. The predicted molar refractivity (Wildman–Crippen MR) is 49.6 cm³/mol.